The Bertz CT molecular complexity index is 1160. The van der Waals surface area contributed by atoms with Crippen molar-refractivity contribution in [2.75, 3.05) is 59.7 Å². The SMILES string of the molecule is CN(C)CCCNC=O.Cc1cc(N=NC2C(=O)Nc3ccccc3C2=O)cc(C(=O)NCCCN(C)C)c1. The van der Waals surface area contributed by atoms with Crippen LogP contribution in [0.5, 0.6) is 0 Å². The lowest BCUT2D eigenvalue weighted by Crippen LogP contribution is -2.38. The van der Waals surface area contributed by atoms with Crippen LogP contribution in [0.1, 0.15) is 39.1 Å². The second-order valence-corrected chi connectivity index (χ2v) is 9.72. The van der Waals surface area contributed by atoms with Gasteiger partial charge in [0.05, 0.1) is 11.4 Å². The summed E-state index contributed by atoms with van der Waals surface area (Å²) < 4.78 is 0. The number of Topliss-reactive ketones (excluding diaryl/α,β-unsaturated/α-hetero) is 1. The Morgan fingerprint density at radius 2 is 1.67 bits per heavy atom. The van der Waals surface area contributed by atoms with Crippen molar-refractivity contribution in [1.29, 1.82) is 0 Å². The summed E-state index contributed by atoms with van der Waals surface area (Å²) in [5, 5.41) is 16.2. The van der Waals surface area contributed by atoms with Crippen LogP contribution in [0.15, 0.2) is 52.7 Å². The quantitative estimate of drug-likeness (QED) is 0.165. The Kier molecular flexibility index (Phi) is 12.9. The molecule has 1 atom stereocenters. The van der Waals surface area contributed by atoms with E-state index in [1.807, 2.05) is 35.1 Å². The topological polar surface area (TPSA) is 136 Å². The van der Waals surface area contributed by atoms with Gasteiger partial charge in [0.15, 0.2) is 0 Å². The predicted molar refractivity (Wildman–Crippen MR) is 152 cm³/mol. The molecule has 39 heavy (non-hydrogen) atoms. The van der Waals surface area contributed by atoms with Gasteiger partial charge in [-0.15, -0.1) is 0 Å². The molecule has 1 heterocycles. The number of fused-ring (bicyclic) bond motifs is 1. The zero-order valence-electron chi connectivity index (χ0n) is 23.4. The molecular weight excluding hydrogens is 498 g/mol. The largest absolute Gasteiger partial charge is 0.359 e. The first-order valence-electron chi connectivity index (χ1n) is 12.8. The molecule has 2 aromatic carbocycles. The zero-order valence-corrected chi connectivity index (χ0v) is 23.4. The van der Waals surface area contributed by atoms with E-state index in [9.17, 15) is 19.2 Å². The number of nitrogens with zero attached hydrogens (tertiary/aromatic N) is 4. The minimum atomic E-state index is -1.25. The third-order valence-corrected chi connectivity index (χ3v) is 5.64. The fourth-order valence-corrected chi connectivity index (χ4v) is 3.71. The second kappa shape index (κ2) is 16.1. The molecule has 1 aliphatic rings. The number of nitrogens with one attached hydrogen (secondary N) is 3. The number of anilines is 1. The summed E-state index contributed by atoms with van der Waals surface area (Å²) in [5.74, 6) is -1.12. The van der Waals surface area contributed by atoms with E-state index < -0.39 is 17.7 Å². The Morgan fingerprint density at radius 3 is 2.33 bits per heavy atom. The molecule has 0 bridgehead atoms. The second-order valence-electron chi connectivity index (χ2n) is 9.72. The Morgan fingerprint density at radius 1 is 1.00 bits per heavy atom. The molecule has 3 N–H and O–H groups in total. The number of benzene rings is 2. The lowest BCUT2D eigenvalue weighted by molar-refractivity contribution is -0.116. The molecule has 3 amide bonds. The number of azo groups is 1. The van der Waals surface area contributed by atoms with Gasteiger partial charge in [0, 0.05) is 24.2 Å². The van der Waals surface area contributed by atoms with Gasteiger partial charge in [-0.1, -0.05) is 12.1 Å². The maximum Gasteiger partial charge on any atom is 0.259 e. The van der Waals surface area contributed by atoms with Crippen molar-refractivity contribution < 1.29 is 19.2 Å². The molecule has 0 saturated carbocycles. The summed E-state index contributed by atoms with van der Waals surface area (Å²) in [6, 6.07) is 10.6. The molecule has 0 saturated heterocycles. The number of hydrogen-bond acceptors (Lipinski definition) is 8. The summed E-state index contributed by atoms with van der Waals surface area (Å²) >= 11 is 0. The van der Waals surface area contributed by atoms with Gasteiger partial charge >= 0.3 is 0 Å². The number of carbonyl (C=O) groups excluding carboxylic acids is 4. The van der Waals surface area contributed by atoms with Crippen LogP contribution in [0.25, 0.3) is 0 Å². The number of amides is 3. The summed E-state index contributed by atoms with van der Waals surface area (Å²) in [4.78, 5) is 51.2. The van der Waals surface area contributed by atoms with Crippen LogP contribution in [0.3, 0.4) is 0 Å². The van der Waals surface area contributed by atoms with Gasteiger partial charge in [-0.25, -0.2) is 0 Å². The first kappa shape index (κ1) is 31.3. The third kappa shape index (κ3) is 10.7. The number of para-hydroxylation sites is 1. The van der Waals surface area contributed by atoms with Crippen LogP contribution in [0.2, 0.25) is 0 Å². The predicted octanol–water partition coefficient (Wildman–Crippen LogP) is 2.65. The van der Waals surface area contributed by atoms with Crippen molar-refractivity contribution in [1.82, 2.24) is 20.4 Å². The van der Waals surface area contributed by atoms with Crippen molar-refractivity contribution in [2.24, 2.45) is 10.2 Å². The highest BCUT2D eigenvalue weighted by Gasteiger charge is 2.34. The van der Waals surface area contributed by atoms with Gasteiger partial charge in [0.2, 0.25) is 18.2 Å². The number of aryl methyl sites for hydroxylation is 1. The molecule has 3 rings (SSSR count). The summed E-state index contributed by atoms with van der Waals surface area (Å²) in [5.41, 5.74) is 2.58. The molecule has 0 radical (unpaired) electrons. The maximum atomic E-state index is 12.6. The normalized spacial score (nSPS) is 14.5. The molecule has 0 spiro atoms. The molecule has 0 aliphatic carbocycles. The van der Waals surface area contributed by atoms with E-state index in [4.69, 9.17) is 0 Å². The van der Waals surface area contributed by atoms with E-state index in [1.54, 1.807) is 42.5 Å². The molecule has 0 fully saturated rings. The first-order valence-corrected chi connectivity index (χ1v) is 12.8. The smallest absolute Gasteiger partial charge is 0.259 e. The first-order chi connectivity index (χ1) is 18.6. The zero-order chi connectivity index (χ0) is 28.8. The van der Waals surface area contributed by atoms with Crippen LogP contribution in [0.4, 0.5) is 11.4 Å². The van der Waals surface area contributed by atoms with E-state index in [2.05, 4.69) is 36.0 Å². The number of ketones is 1. The highest BCUT2D eigenvalue weighted by molar-refractivity contribution is 6.23. The van der Waals surface area contributed by atoms with E-state index >= 15 is 0 Å². The molecule has 0 aromatic heterocycles. The van der Waals surface area contributed by atoms with Crippen LogP contribution < -0.4 is 16.0 Å². The molecule has 11 heteroatoms. The van der Waals surface area contributed by atoms with E-state index in [0.29, 0.717) is 29.0 Å². The Balaban J connectivity index is 0.000000510. The molecular formula is C28H39N7O4. The van der Waals surface area contributed by atoms with Crippen molar-refractivity contribution in [3.63, 3.8) is 0 Å². The number of carbonyl (C=O) groups is 4. The van der Waals surface area contributed by atoms with E-state index in [1.165, 1.54) is 0 Å². The van der Waals surface area contributed by atoms with Crippen molar-refractivity contribution in [2.45, 2.75) is 25.8 Å². The summed E-state index contributed by atoms with van der Waals surface area (Å²) in [6.07, 6.45) is 2.60. The monoisotopic (exact) mass is 537 g/mol. The molecule has 11 nitrogen and oxygen atoms in total. The summed E-state index contributed by atoms with van der Waals surface area (Å²) in [6.45, 7) is 5.10. The van der Waals surface area contributed by atoms with Crippen LogP contribution in [-0.4, -0.2) is 94.2 Å². The minimum absolute atomic E-state index is 0.200. The van der Waals surface area contributed by atoms with Crippen LogP contribution in [0, 0.1) is 6.92 Å². The van der Waals surface area contributed by atoms with Gasteiger partial charge in [0.25, 0.3) is 11.8 Å². The molecule has 1 unspecified atom stereocenters. The highest BCUT2D eigenvalue weighted by atomic mass is 16.2. The van der Waals surface area contributed by atoms with Gasteiger partial charge in [0.1, 0.15) is 0 Å². The van der Waals surface area contributed by atoms with Gasteiger partial charge in [-0.05, 0) is 96.9 Å². The minimum Gasteiger partial charge on any atom is -0.359 e. The summed E-state index contributed by atoms with van der Waals surface area (Å²) in [7, 11) is 7.99. The van der Waals surface area contributed by atoms with E-state index in [0.717, 1.165) is 44.4 Å². The molecule has 210 valence electrons. The highest BCUT2D eigenvalue weighted by Crippen LogP contribution is 2.25. The fraction of sp³-hybridized carbons (Fsp3) is 0.429. The number of rotatable bonds is 12. The standard InChI is InChI=1S/C22H25N5O3.C6H14N2O/c1-14-11-15(21(29)23-9-6-10-27(2)3)13-16(12-14)25-26-19-20(28)17-7-4-5-8-18(17)24-22(19)30;1-8(2)5-3-4-7-6-9/h4-5,7-8,11-13,19H,6,9-10H2,1-3H3,(H,23,29)(H,24,30);6H,3-5H2,1-2H3,(H,7,9). The molecule has 2 aromatic rings. The van der Waals surface area contributed by atoms with Gasteiger partial charge < -0.3 is 25.8 Å². The van der Waals surface area contributed by atoms with Crippen molar-refractivity contribution in [3.05, 3.63) is 59.2 Å². The Hall–Kier alpha value is -3.96. The van der Waals surface area contributed by atoms with Crippen LogP contribution >= 0.6 is 0 Å². The third-order valence-electron chi connectivity index (χ3n) is 5.64. The number of hydrogen-bond donors (Lipinski definition) is 3. The van der Waals surface area contributed by atoms with Crippen molar-refractivity contribution in [3.8, 4) is 0 Å². The average molecular weight is 538 g/mol. The van der Waals surface area contributed by atoms with E-state index in [-0.39, 0.29) is 5.91 Å². The lowest BCUT2D eigenvalue weighted by atomic mass is 9.98. The Labute approximate surface area is 230 Å². The van der Waals surface area contributed by atoms with Gasteiger partial charge in [-0.2, -0.15) is 10.2 Å². The average Bonchev–Trinajstić information content (AvgIpc) is 2.89. The lowest BCUT2D eigenvalue weighted by Gasteiger charge is -2.19. The molecule has 1 aliphatic heterocycles. The van der Waals surface area contributed by atoms with Crippen molar-refractivity contribution >= 4 is 35.4 Å². The fourth-order valence-electron chi connectivity index (χ4n) is 3.71. The maximum absolute atomic E-state index is 12.6. The van der Waals surface area contributed by atoms with Gasteiger partial charge in [-0.3, -0.25) is 19.2 Å². The van der Waals surface area contributed by atoms with Crippen LogP contribution in [-0.2, 0) is 9.59 Å².